The third kappa shape index (κ3) is 6.38. The van der Waals surface area contributed by atoms with Crippen LogP contribution in [0.25, 0.3) is 0 Å². The van der Waals surface area contributed by atoms with Crippen LogP contribution in [0.5, 0.6) is 0 Å². The van der Waals surface area contributed by atoms with E-state index in [1.165, 1.54) is 31.4 Å². The van der Waals surface area contributed by atoms with Crippen molar-refractivity contribution in [3.8, 4) is 0 Å². The summed E-state index contributed by atoms with van der Waals surface area (Å²) < 4.78 is 1.11. The first-order chi connectivity index (χ1) is 9.54. The zero-order valence-corrected chi connectivity index (χ0v) is 14.7. The predicted molar refractivity (Wildman–Crippen MR) is 91.9 cm³/mol. The normalized spacial score (nSPS) is 13.2. The van der Waals surface area contributed by atoms with E-state index in [9.17, 15) is 0 Å². The summed E-state index contributed by atoms with van der Waals surface area (Å²) in [4.78, 5) is 2.55. The zero-order chi connectivity index (χ0) is 15.0. The Morgan fingerprint density at radius 1 is 1.10 bits per heavy atom. The highest BCUT2D eigenvalue weighted by Gasteiger charge is 2.12. The minimum Gasteiger partial charge on any atom is -0.324 e. The SMILES string of the molecule is CCCCCN(CCC(N)c1ccc(Br)cc1)C(C)C. The lowest BCUT2D eigenvalue weighted by Gasteiger charge is -2.27. The number of unbranched alkanes of at least 4 members (excludes halogenated alkanes) is 2. The Labute approximate surface area is 132 Å². The predicted octanol–water partition coefficient (Wildman–Crippen LogP) is 4.74. The molecule has 0 fully saturated rings. The van der Waals surface area contributed by atoms with E-state index in [0.29, 0.717) is 6.04 Å². The third-order valence-electron chi connectivity index (χ3n) is 3.80. The molecular formula is C17H29BrN2. The maximum absolute atomic E-state index is 6.31. The van der Waals surface area contributed by atoms with Crippen LogP contribution in [0.4, 0.5) is 0 Å². The fourth-order valence-corrected chi connectivity index (χ4v) is 2.64. The summed E-state index contributed by atoms with van der Waals surface area (Å²) in [6, 6.07) is 9.10. The Kier molecular flexibility index (Phi) is 8.43. The van der Waals surface area contributed by atoms with Crippen molar-refractivity contribution in [3.05, 3.63) is 34.3 Å². The highest BCUT2D eigenvalue weighted by atomic mass is 79.9. The van der Waals surface area contributed by atoms with Gasteiger partial charge in [0, 0.05) is 23.1 Å². The molecule has 0 bridgehead atoms. The summed E-state index contributed by atoms with van der Waals surface area (Å²) in [6.45, 7) is 9.08. The van der Waals surface area contributed by atoms with E-state index < -0.39 is 0 Å². The van der Waals surface area contributed by atoms with Gasteiger partial charge in [-0.2, -0.15) is 0 Å². The van der Waals surface area contributed by atoms with Gasteiger partial charge in [0.15, 0.2) is 0 Å². The van der Waals surface area contributed by atoms with Crippen molar-refractivity contribution in [1.29, 1.82) is 0 Å². The molecule has 0 saturated heterocycles. The Morgan fingerprint density at radius 2 is 1.75 bits per heavy atom. The average Bonchev–Trinajstić information content (AvgIpc) is 2.42. The first-order valence-electron chi connectivity index (χ1n) is 7.79. The van der Waals surface area contributed by atoms with Gasteiger partial charge in [-0.05, 0) is 50.9 Å². The van der Waals surface area contributed by atoms with E-state index in [1.807, 2.05) is 0 Å². The molecule has 0 aromatic heterocycles. The molecule has 0 amide bonds. The minimum absolute atomic E-state index is 0.135. The number of halogens is 1. The van der Waals surface area contributed by atoms with Crippen molar-refractivity contribution < 1.29 is 0 Å². The summed E-state index contributed by atoms with van der Waals surface area (Å²) in [5.41, 5.74) is 7.53. The van der Waals surface area contributed by atoms with Gasteiger partial charge in [-0.25, -0.2) is 0 Å². The van der Waals surface area contributed by atoms with Gasteiger partial charge in [0.2, 0.25) is 0 Å². The zero-order valence-electron chi connectivity index (χ0n) is 13.1. The molecule has 0 aliphatic heterocycles. The van der Waals surface area contributed by atoms with Crippen LogP contribution in [0.1, 0.15) is 58.1 Å². The van der Waals surface area contributed by atoms with Crippen molar-refractivity contribution in [2.24, 2.45) is 5.73 Å². The first-order valence-corrected chi connectivity index (χ1v) is 8.59. The van der Waals surface area contributed by atoms with Crippen LogP contribution >= 0.6 is 15.9 Å². The molecule has 1 aromatic rings. The molecule has 0 aliphatic rings. The Balaban J connectivity index is 2.43. The summed E-state index contributed by atoms with van der Waals surface area (Å²) in [5.74, 6) is 0. The van der Waals surface area contributed by atoms with Crippen molar-refractivity contribution in [2.45, 2.75) is 58.5 Å². The molecule has 1 aromatic carbocycles. The molecule has 114 valence electrons. The lowest BCUT2D eigenvalue weighted by molar-refractivity contribution is 0.209. The van der Waals surface area contributed by atoms with Gasteiger partial charge in [0.1, 0.15) is 0 Å². The molecule has 1 atom stereocenters. The molecule has 2 nitrogen and oxygen atoms in total. The molecule has 3 heteroatoms. The quantitative estimate of drug-likeness (QED) is 0.658. The molecular weight excluding hydrogens is 312 g/mol. The number of hydrogen-bond acceptors (Lipinski definition) is 2. The Bertz CT molecular complexity index is 362. The molecule has 0 radical (unpaired) electrons. The monoisotopic (exact) mass is 340 g/mol. The lowest BCUT2D eigenvalue weighted by atomic mass is 10.0. The van der Waals surface area contributed by atoms with E-state index in [-0.39, 0.29) is 6.04 Å². The smallest absolute Gasteiger partial charge is 0.0307 e. The summed E-state index contributed by atoms with van der Waals surface area (Å²) >= 11 is 3.46. The van der Waals surface area contributed by atoms with Crippen molar-refractivity contribution in [1.82, 2.24) is 4.90 Å². The van der Waals surface area contributed by atoms with E-state index in [0.717, 1.165) is 17.4 Å². The number of hydrogen-bond donors (Lipinski definition) is 1. The number of benzene rings is 1. The summed E-state index contributed by atoms with van der Waals surface area (Å²) in [7, 11) is 0. The fourth-order valence-electron chi connectivity index (χ4n) is 2.37. The van der Waals surface area contributed by atoms with Gasteiger partial charge in [-0.1, -0.05) is 47.8 Å². The largest absolute Gasteiger partial charge is 0.324 e. The molecule has 0 aliphatic carbocycles. The second kappa shape index (κ2) is 9.54. The topological polar surface area (TPSA) is 29.3 Å². The van der Waals surface area contributed by atoms with Crippen LogP contribution < -0.4 is 5.73 Å². The second-order valence-electron chi connectivity index (χ2n) is 5.78. The molecule has 0 heterocycles. The molecule has 1 rings (SSSR count). The van der Waals surface area contributed by atoms with Gasteiger partial charge in [0.05, 0.1) is 0 Å². The fraction of sp³-hybridized carbons (Fsp3) is 0.647. The van der Waals surface area contributed by atoms with Crippen LogP contribution in [-0.4, -0.2) is 24.0 Å². The molecule has 20 heavy (non-hydrogen) atoms. The van der Waals surface area contributed by atoms with Crippen LogP contribution in [-0.2, 0) is 0 Å². The third-order valence-corrected chi connectivity index (χ3v) is 4.33. The van der Waals surface area contributed by atoms with Gasteiger partial charge in [0.25, 0.3) is 0 Å². The number of rotatable bonds is 9. The van der Waals surface area contributed by atoms with Gasteiger partial charge in [-0.3, -0.25) is 0 Å². The number of nitrogens with two attached hydrogens (primary N) is 1. The van der Waals surface area contributed by atoms with Gasteiger partial charge in [-0.15, -0.1) is 0 Å². The molecule has 0 spiro atoms. The summed E-state index contributed by atoms with van der Waals surface area (Å²) in [6.07, 6.45) is 4.92. The average molecular weight is 341 g/mol. The van der Waals surface area contributed by atoms with Gasteiger partial charge >= 0.3 is 0 Å². The van der Waals surface area contributed by atoms with Crippen LogP contribution in [0.3, 0.4) is 0 Å². The molecule has 0 saturated carbocycles. The van der Waals surface area contributed by atoms with E-state index in [1.54, 1.807) is 0 Å². The Morgan fingerprint density at radius 3 is 2.30 bits per heavy atom. The lowest BCUT2D eigenvalue weighted by Crippen LogP contribution is -2.34. The second-order valence-corrected chi connectivity index (χ2v) is 6.70. The Hall–Kier alpha value is -0.380. The van der Waals surface area contributed by atoms with E-state index >= 15 is 0 Å². The van der Waals surface area contributed by atoms with E-state index in [2.05, 4.69) is 65.9 Å². The van der Waals surface area contributed by atoms with Gasteiger partial charge < -0.3 is 10.6 Å². The first kappa shape index (κ1) is 17.7. The van der Waals surface area contributed by atoms with Crippen LogP contribution in [0, 0.1) is 0 Å². The van der Waals surface area contributed by atoms with Crippen molar-refractivity contribution in [2.75, 3.05) is 13.1 Å². The van der Waals surface area contributed by atoms with Crippen molar-refractivity contribution in [3.63, 3.8) is 0 Å². The van der Waals surface area contributed by atoms with Crippen LogP contribution in [0.2, 0.25) is 0 Å². The standard InChI is InChI=1S/C17H29BrN2/c1-4-5-6-12-20(14(2)3)13-11-17(19)15-7-9-16(18)10-8-15/h7-10,14,17H,4-6,11-13,19H2,1-3H3. The number of nitrogens with zero attached hydrogens (tertiary/aromatic N) is 1. The van der Waals surface area contributed by atoms with Crippen LogP contribution in [0.15, 0.2) is 28.7 Å². The maximum atomic E-state index is 6.31. The summed E-state index contributed by atoms with van der Waals surface area (Å²) in [5, 5.41) is 0. The highest BCUT2D eigenvalue weighted by molar-refractivity contribution is 9.10. The van der Waals surface area contributed by atoms with Crippen molar-refractivity contribution >= 4 is 15.9 Å². The maximum Gasteiger partial charge on any atom is 0.0307 e. The molecule has 1 unspecified atom stereocenters. The highest BCUT2D eigenvalue weighted by Crippen LogP contribution is 2.18. The van der Waals surface area contributed by atoms with E-state index in [4.69, 9.17) is 5.73 Å². The molecule has 2 N–H and O–H groups in total. The minimum atomic E-state index is 0.135.